The molecule has 2 heterocycles. The van der Waals surface area contributed by atoms with E-state index in [4.69, 9.17) is 33.0 Å². The lowest BCUT2D eigenvalue weighted by molar-refractivity contribution is -0.129. The van der Waals surface area contributed by atoms with Crippen molar-refractivity contribution >= 4 is 58.2 Å². The smallest absolute Gasteiger partial charge is 0.355 e. The molecule has 1 aliphatic rings. The zero-order chi connectivity index (χ0) is 19.4. The normalized spacial score (nSPS) is 16.7. The monoisotopic (exact) mass is 446 g/mol. The molecule has 1 amide bonds. The number of carboxylic acid groups (broad SMARTS) is 1. The summed E-state index contributed by atoms with van der Waals surface area (Å²) < 4.78 is 6.46. The highest BCUT2D eigenvalue weighted by Crippen LogP contribution is 2.27. The fraction of sp³-hybridized carbons (Fsp3) is 0.353. The van der Waals surface area contributed by atoms with Crippen molar-refractivity contribution in [2.24, 2.45) is 0 Å². The number of carboxylic acids is 1. The van der Waals surface area contributed by atoms with Gasteiger partial charge >= 0.3 is 5.97 Å². The molecule has 0 spiro atoms. The molecule has 1 atom stereocenters. The molecule has 0 aliphatic carbocycles. The van der Waals surface area contributed by atoms with Crippen LogP contribution in [0.1, 0.15) is 23.3 Å². The van der Waals surface area contributed by atoms with E-state index in [0.29, 0.717) is 45.5 Å². The topological polar surface area (TPSA) is 79.7 Å². The predicted molar refractivity (Wildman–Crippen MR) is 106 cm³/mol. The van der Waals surface area contributed by atoms with E-state index in [1.165, 1.54) is 28.5 Å². The molecule has 27 heavy (non-hydrogen) atoms. The van der Waals surface area contributed by atoms with Gasteiger partial charge in [-0.2, -0.15) is 0 Å². The van der Waals surface area contributed by atoms with Crippen LogP contribution in [0, 0.1) is 0 Å². The molecular weight excluding hydrogens is 431 g/mol. The number of aromatic nitrogens is 1. The minimum atomic E-state index is -1.04. The molecule has 0 unspecified atom stereocenters. The Hall–Kier alpha value is -1.48. The Balaban J connectivity index is 1.51. The number of nitrogens with zero attached hydrogens (tertiary/aromatic N) is 2. The van der Waals surface area contributed by atoms with Crippen LogP contribution in [0.15, 0.2) is 27.9 Å². The predicted octanol–water partition coefficient (Wildman–Crippen LogP) is 4.31. The summed E-state index contributed by atoms with van der Waals surface area (Å²) in [6, 6.07) is 4.99. The van der Waals surface area contributed by atoms with Gasteiger partial charge < -0.3 is 14.7 Å². The first-order valence-corrected chi connectivity index (χ1v) is 10.7. The fourth-order valence-corrected chi connectivity index (χ4v) is 5.05. The number of thioether (sulfide) groups is 1. The van der Waals surface area contributed by atoms with Gasteiger partial charge in [-0.25, -0.2) is 9.78 Å². The summed E-state index contributed by atoms with van der Waals surface area (Å²) in [5, 5.41) is 11.4. The van der Waals surface area contributed by atoms with Crippen LogP contribution in [-0.4, -0.2) is 51.8 Å². The Labute approximate surface area is 174 Å². The van der Waals surface area contributed by atoms with Gasteiger partial charge in [-0.15, -0.1) is 11.3 Å². The Morgan fingerprint density at radius 1 is 1.37 bits per heavy atom. The average molecular weight is 447 g/mol. The molecule has 0 bridgehead atoms. The first-order valence-electron chi connectivity index (χ1n) is 8.12. The van der Waals surface area contributed by atoms with Crippen LogP contribution < -0.4 is 4.74 Å². The van der Waals surface area contributed by atoms with E-state index in [9.17, 15) is 9.59 Å². The molecule has 2 aromatic rings. The third-order valence-electron chi connectivity index (χ3n) is 3.99. The van der Waals surface area contributed by atoms with Gasteiger partial charge in [-0.3, -0.25) is 4.79 Å². The molecule has 1 saturated heterocycles. The van der Waals surface area contributed by atoms with E-state index < -0.39 is 5.97 Å². The lowest BCUT2D eigenvalue weighted by Crippen LogP contribution is -2.38. The number of hydrogen-bond donors (Lipinski definition) is 1. The largest absolute Gasteiger partial charge is 0.491 e. The molecule has 1 fully saturated rings. The molecule has 1 aromatic heterocycles. The van der Waals surface area contributed by atoms with Crippen molar-refractivity contribution in [3.05, 3.63) is 39.3 Å². The fourth-order valence-electron chi connectivity index (χ4n) is 2.73. The first kappa shape index (κ1) is 20.3. The third kappa shape index (κ3) is 5.51. The van der Waals surface area contributed by atoms with E-state index in [1.54, 1.807) is 18.2 Å². The summed E-state index contributed by atoms with van der Waals surface area (Å²) in [5.74, 6) is 0.271. The Morgan fingerprint density at radius 3 is 2.78 bits per heavy atom. The molecule has 10 heteroatoms. The molecule has 6 nitrogen and oxygen atoms in total. The van der Waals surface area contributed by atoms with Crippen LogP contribution in [-0.2, 0) is 4.79 Å². The number of thiazole rings is 1. The number of rotatable bonds is 8. The van der Waals surface area contributed by atoms with E-state index in [-0.39, 0.29) is 17.6 Å². The third-order valence-corrected chi connectivity index (χ3v) is 6.43. The molecule has 1 aromatic carbocycles. The number of halogens is 2. The number of benzene rings is 1. The molecule has 0 saturated carbocycles. The maximum absolute atomic E-state index is 12.2. The van der Waals surface area contributed by atoms with Crippen molar-refractivity contribution in [2.75, 3.05) is 18.9 Å². The second-order valence-corrected chi connectivity index (χ2v) is 8.92. The van der Waals surface area contributed by atoms with Crippen molar-refractivity contribution in [2.45, 2.75) is 23.2 Å². The number of hydrogen-bond acceptors (Lipinski definition) is 6. The average Bonchev–Trinajstić information content (AvgIpc) is 3.20. The van der Waals surface area contributed by atoms with E-state index in [2.05, 4.69) is 4.98 Å². The van der Waals surface area contributed by atoms with Gasteiger partial charge in [0.05, 0.1) is 6.04 Å². The minimum Gasteiger partial charge on any atom is -0.491 e. The molecule has 3 rings (SSSR count). The highest BCUT2D eigenvalue weighted by atomic mass is 35.5. The molecule has 1 N–H and O–H groups in total. The van der Waals surface area contributed by atoms with Gasteiger partial charge in [0.1, 0.15) is 12.4 Å². The number of ether oxygens (including phenoxy) is 1. The van der Waals surface area contributed by atoms with Crippen LogP contribution in [0.25, 0.3) is 0 Å². The summed E-state index contributed by atoms with van der Waals surface area (Å²) in [6.45, 7) is 0.920. The van der Waals surface area contributed by atoms with Gasteiger partial charge in [0.25, 0.3) is 0 Å². The zero-order valence-electron chi connectivity index (χ0n) is 14.1. The maximum Gasteiger partial charge on any atom is 0.355 e. The van der Waals surface area contributed by atoms with Crippen LogP contribution in [0.2, 0.25) is 10.0 Å². The number of carbonyl (C=O) groups is 2. The quantitative estimate of drug-likeness (QED) is 0.608. The summed E-state index contributed by atoms with van der Waals surface area (Å²) in [5.41, 5.74) is 0.0474. The maximum atomic E-state index is 12.2. The Morgan fingerprint density at radius 2 is 2.11 bits per heavy atom. The second kappa shape index (κ2) is 9.14. The summed E-state index contributed by atoms with van der Waals surface area (Å²) in [4.78, 5) is 28.9. The Kier molecular flexibility index (Phi) is 6.86. The van der Waals surface area contributed by atoms with Crippen LogP contribution in [0.3, 0.4) is 0 Å². The van der Waals surface area contributed by atoms with Crippen LogP contribution in [0.5, 0.6) is 5.75 Å². The van der Waals surface area contributed by atoms with Crippen molar-refractivity contribution in [1.29, 1.82) is 0 Å². The van der Waals surface area contributed by atoms with Crippen molar-refractivity contribution in [3.63, 3.8) is 0 Å². The van der Waals surface area contributed by atoms with Gasteiger partial charge in [0.15, 0.2) is 10.0 Å². The van der Waals surface area contributed by atoms with Gasteiger partial charge in [0, 0.05) is 34.1 Å². The zero-order valence-corrected chi connectivity index (χ0v) is 17.2. The number of carbonyl (C=O) groups excluding carboxylic acids is 1. The molecule has 0 radical (unpaired) electrons. The number of likely N-dealkylation sites (tertiary alicyclic amines) is 1. The lowest BCUT2D eigenvalue weighted by Gasteiger charge is -2.24. The van der Waals surface area contributed by atoms with Crippen molar-refractivity contribution < 1.29 is 19.4 Å². The number of aromatic carboxylic acids is 1. The highest BCUT2D eigenvalue weighted by Gasteiger charge is 2.31. The van der Waals surface area contributed by atoms with E-state index >= 15 is 0 Å². The van der Waals surface area contributed by atoms with Crippen LogP contribution >= 0.6 is 46.3 Å². The SMILES string of the molecule is O=C(O)c1csc(SCCN2C(=O)CC[C@@H]2COc2cc(Cl)cc(Cl)c2)n1. The Bertz CT molecular complexity index is 826. The lowest BCUT2D eigenvalue weighted by atomic mass is 10.2. The summed E-state index contributed by atoms with van der Waals surface area (Å²) in [7, 11) is 0. The van der Waals surface area contributed by atoms with Crippen molar-refractivity contribution in [1.82, 2.24) is 9.88 Å². The van der Waals surface area contributed by atoms with Gasteiger partial charge in [-0.1, -0.05) is 35.0 Å². The summed E-state index contributed by atoms with van der Waals surface area (Å²) in [6.07, 6.45) is 1.23. The second-order valence-electron chi connectivity index (χ2n) is 5.85. The highest BCUT2D eigenvalue weighted by molar-refractivity contribution is 8.01. The van der Waals surface area contributed by atoms with E-state index in [0.717, 1.165) is 6.42 Å². The van der Waals surface area contributed by atoms with Crippen molar-refractivity contribution in [3.8, 4) is 5.75 Å². The standard InChI is InChI=1S/C17H16Cl2N2O4S2/c18-10-5-11(19)7-13(6-10)25-8-12-1-2-15(22)21(12)3-4-26-17-20-14(9-27-17)16(23)24/h5-7,9,12H,1-4,8H2,(H,23,24)/t12-/m1/s1. The number of amides is 1. The van der Waals surface area contributed by atoms with Gasteiger partial charge in [0.2, 0.25) is 5.91 Å². The first-order chi connectivity index (χ1) is 12.9. The van der Waals surface area contributed by atoms with Gasteiger partial charge in [-0.05, 0) is 24.6 Å². The molecular formula is C17H16Cl2N2O4S2. The molecule has 1 aliphatic heterocycles. The molecule has 144 valence electrons. The minimum absolute atomic E-state index is 0.0123. The summed E-state index contributed by atoms with van der Waals surface area (Å²) >= 11 is 14.7. The van der Waals surface area contributed by atoms with Crippen LogP contribution in [0.4, 0.5) is 0 Å². The van der Waals surface area contributed by atoms with E-state index in [1.807, 2.05) is 4.90 Å².